The predicted octanol–water partition coefficient (Wildman–Crippen LogP) is 4.24. The van der Waals surface area contributed by atoms with Crippen molar-refractivity contribution >= 4 is 11.6 Å². The van der Waals surface area contributed by atoms with E-state index in [2.05, 4.69) is 0 Å². The summed E-state index contributed by atoms with van der Waals surface area (Å²) in [6.07, 6.45) is -2.84. The summed E-state index contributed by atoms with van der Waals surface area (Å²) < 4.78 is 43.9. The van der Waals surface area contributed by atoms with Crippen LogP contribution in [-0.2, 0) is 23.8 Å². The molecule has 0 aliphatic carbocycles. The zero-order valence-electron chi connectivity index (χ0n) is 13.8. The number of para-hydroxylation sites is 1. The molecule has 2 aromatic carbocycles. The van der Waals surface area contributed by atoms with E-state index in [9.17, 15) is 18.0 Å². The number of hydrogen-bond acceptors (Lipinski definition) is 2. The van der Waals surface area contributed by atoms with Gasteiger partial charge < -0.3 is 9.64 Å². The summed E-state index contributed by atoms with van der Waals surface area (Å²) in [4.78, 5) is 14.4. The molecule has 1 amide bonds. The van der Waals surface area contributed by atoms with Gasteiger partial charge >= 0.3 is 6.18 Å². The maximum absolute atomic E-state index is 12.8. The Morgan fingerprint density at radius 3 is 2.68 bits per heavy atom. The first-order valence-electron chi connectivity index (χ1n) is 8.02. The molecular formula is C19H18F3NO2. The number of hydrogen-bond donors (Lipinski definition) is 0. The van der Waals surface area contributed by atoms with Gasteiger partial charge in [0.05, 0.1) is 24.8 Å². The molecule has 0 spiro atoms. The third-order valence-electron chi connectivity index (χ3n) is 4.31. The fourth-order valence-corrected chi connectivity index (χ4v) is 3.16. The molecule has 0 bridgehead atoms. The highest BCUT2D eigenvalue weighted by Crippen LogP contribution is 2.36. The van der Waals surface area contributed by atoms with Gasteiger partial charge in [-0.15, -0.1) is 0 Å². The molecule has 0 radical (unpaired) electrons. The average molecular weight is 349 g/mol. The van der Waals surface area contributed by atoms with Gasteiger partial charge in [-0.05, 0) is 36.1 Å². The van der Waals surface area contributed by atoms with Gasteiger partial charge in [0.2, 0.25) is 5.91 Å². The van der Waals surface area contributed by atoms with Crippen LogP contribution in [0.1, 0.15) is 23.1 Å². The van der Waals surface area contributed by atoms with Crippen LogP contribution in [0.2, 0.25) is 0 Å². The van der Waals surface area contributed by atoms with Gasteiger partial charge in [-0.1, -0.05) is 30.3 Å². The Bertz CT molecular complexity index is 772. The van der Waals surface area contributed by atoms with E-state index in [-0.39, 0.29) is 12.3 Å². The molecule has 132 valence electrons. The lowest BCUT2D eigenvalue weighted by atomic mass is 9.99. The zero-order chi connectivity index (χ0) is 18.0. The number of rotatable bonds is 3. The summed E-state index contributed by atoms with van der Waals surface area (Å²) in [6.45, 7) is 0.533. The lowest BCUT2D eigenvalue weighted by Gasteiger charge is -2.31. The highest BCUT2D eigenvalue weighted by molar-refractivity contribution is 5.97. The maximum atomic E-state index is 12.8. The van der Waals surface area contributed by atoms with E-state index in [0.717, 1.165) is 36.2 Å². The Labute approximate surface area is 144 Å². The van der Waals surface area contributed by atoms with Crippen molar-refractivity contribution < 1.29 is 22.7 Å². The van der Waals surface area contributed by atoms with Crippen LogP contribution >= 0.6 is 0 Å². The van der Waals surface area contributed by atoms with Crippen molar-refractivity contribution in [3.8, 4) is 5.75 Å². The van der Waals surface area contributed by atoms with Gasteiger partial charge in [-0.3, -0.25) is 4.79 Å². The first kappa shape index (κ1) is 17.3. The number of halogens is 3. The van der Waals surface area contributed by atoms with Gasteiger partial charge in [0.15, 0.2) is 0 Å². The van der Waals surface area contributed by atoms with Crippen LogP contribution in [0.3, 0.4) is 0 Å². The predicted molar refractivity (Wildman–Crippen MR) is 88.8 cm³/mol. The summed E-state index contributed by atoms with van der Waals surface area (Å²) in [7, 11) is 1.54. The quantitative estimate of drug-likeness (QED) is 0.830. The third kappa shape index (κ3) is 3.62. The van der Waals surface area contributed by atoms with Crippen molar-refractivity contribution in [1.82, 2.24) is 0 Å². The van der Waals surface area contributed by atoms with Crippen LogP contribution in [-0.4, -0.2) is 19.6 Å². The number of methoxy groups -OCH3 is 1. The fourth-order valence-electron chi connectivity index (χ4n) is 3.16. The molecule has 0 saturated carbocycles. The molecule has 1 heterocycles. The largest absolute Gasteiger partial charge is 0.495 e. The van der Waals surface area contributed by atoms with Crippen molar-refractivity contribution in [2.45, 2.75) is 25.4 Å². The smallest absolute Gasteiger partial charge is 0.416 e. The van der Waals surface area contributed by atoms with E-state index in [0.29, 0.717) is 17.9 Å². The highest BCUT2D eigenvalue weighted by atomic mass is 19.4. The van der Waals surface area contributed by atoms with Crippen molar-refractivity contribution in [3.63, 3.8) is 0 Å². The molecular weight excluding hydrogens is 331 g/mol. The van der Waals surface area contributed by atoms with E-state index in [4.69, 9.17) is 4.74 Å². The first-order chi connectivity index (χ1) is 11.9. The third-order valence-corrected chi connectivity index (χ3v) is 4.31. The van der Waals surface area contributed by atoms with Gasteiger partial charge in [0, 0.05) is 6.54 Å². The Morgan fingerprint density at radius 1 is 1.20 bits per heavy atom. The van der Waals surface area contributed by atoms with E-state index in [1.165, 1.54) is 6.07 Å². The number of carbonyl (C=O) groups excluding carboxylic acids is 1. The van der Waals surface area contributed by atoms with Crippen LogP contribution in [0.25, 0.3) is 0 Å². The Kier molecular flexibility index (Phi) is 4.70. The van der Waals surface area contributed by atoms with Crippen LogP contribution in [0.15, 0.2) is 42.5 Å². The molecule has 0 unspecified atom stereocenters. The molecule has 0 fully saturated rings. The van der Waals surface area contributed by atoms with Crippen LogP contribution in [0, 0.1) is 0 Å². The average Bonchev–Trinajstić information content (AvgIpc) is 2.60. The Hall–Kier alpha value is -2.50. The second-order valence-electron chi connectivity index (χ2n) is 5.99. The number of amides is 1. The van der Waals surface area contributed by atoms with E-state index in [1.54, 1.807) is 24.1 Å². The van der Waals surface area contributed by atoms with Gasteiger partial charge in [-0.2, -0.15) is 13.2 Å². The van der Waals surface area contributed by atoms with Crippen molar-refractivity contribution in [2.24, 2.45) is 0 Å². The number of carbonyl (C=O) groups is 1. The number of fused-ring (bicyclic) bond motifs is 1. The van der Waals surface area contributed by atoms with E-state index < -0.39 is 11.7 Å². The molecule has 3 nitrogen and oxygen atoms in total. The number of benzene rings is 2. The summed E-state index contributed by atoms with van der Waals surface area (Å²) in [6, 6.07) is 10.5. The topological polar surface area (TPSA) is 29.5 Å². The fraction of sp³-hybridized carbons (Fsp3) is 0.316. The van der Waals surface area contributed by atoms with Crippen molar-refractivity contribution in [2.75, 3.05) is 18.6 Å². The molecule has 0 aromatic heterocycles. The molecule has 0 atom stereocenters. The number of alkyl halides is 3. The standard InChI is InChI=1S/C19H18F3NO2/c1-25-16-9-3-6-14-7-4-10-23(18(14)16)17(24)12-13-5-2-8-15(11-13)19(20,21)22/h2-3,5-6,8-9,11H,4,7,10,12H2,1H3. The monoisotopic (exact) mass is 349 g/mol. The molecule has 6 heteroatoms. The Morgan fingerprint density at radius 2 is 1.96 bits per heavy atom. The lowest BCUT2D eigenvalue weighted by molar-refractivity contribution is -0.137. The number of aryl methyl sites for hydroxylation is 1. The molecule has 3 rings (SSSR count). The summed E-state index contributed by atoms with van der Waals surface area (Å²) in [5.41, 5.74) is 1.35. The van der Waals surface area contributed by atoms with E-state index in [1.807, 2.05) is 12.1 Å². The molecule has 1 aliphatic rings. The van der Waals surface area contributed by atoms with Gasteiger partial charge in [0.25, 0.3) is 0 Å². The highest BCUT2D eigenvalue weighted by Gasteiger charge is 2.31. The molecule has 0 saturated heterocycles. The van der Waals surface area contributed by atoms with Gasteiger partial charge in [-0.25, -0.2) is 0 Å². The Balaban J connectivity index is 1.87. The number of anilines is 1. The second-order valence-corrected chi connectivity index (χ2v) is 5.99. The molecule has 25 heavy (non-hydrogen) atoms. The van der Waals surface area contributed by atoms with Crippen LogP contribution in [0.4, 0.5) is 18.9 Å². The summed E-state index contributed by atoms with van der Waals surface area (Å²) in [5.74, 6) is 0.374. The normalized spacial score (nSPS) is 14.2. The number of nitrogens with zero attached hydrogens (tertiary/aromatic N) is 1. The van der Waals surface area contributed by atoms with Crippen molar-refractivity contribution in [1.29, 1.82) is 0 Å². The van der Waals surface area contributed by atoms with Gasteiger partial charge in [0.1, 0.15) is 5.75 Å². The summed E-state index contributed by atoms with van der Waals surface area (Å²) in [5, 5.41) is 0. The summed E-state index contributed by atoms with van der Waals surface area (Å²) >= 11 is 0. The lowest BCUT2D eigenvalue weighted by Crippen LogP contribution is -2.36. The minimum atomic E-state index is -4.42. The number of ether oxygens (including phenoxy) is 1. The minimum absolute atomic E-state index is 0.0819. The molecule has 0 N–H and O–H groups in total. The SMILES string of the molecule is COc1cccc2c1N(C(=O)Cc1cccc(C(F)(F)F)c1)CCC2. The van der Waals surface area contributed by atoms with Crippen molar-refractivity contribution in [3.05, 3.63) is 59.2 Å². The molecule has 2 aromatic rings. The molecule has 1 aliphatic heterocycles. The van der Waals surface area contributed by atoms with E-state index >= 15 is 0 Å². The maximum Gasteiger partial charge on any atom is 0.416 e. The van der Waals surface area contributed by atoms with Crippen LogP contribution < -0.4 is 9.64 Å². The second kappa shape index (κ2) is 6.78. The zero-order valence-corrected chi connectivity index (χ0v) is 13.8. The first-order valence-corrected chi connectivity index (χ1v) is 8.02. The minimum Gasteiger partial charge on any atom is -0.495 e. The van der Waals surface area contributed by atoms with Crippen LogP contribution in [0.5, 0.6) is 5.75 Å².